The van der Waals surface area contributed by atoms with Crippen molar-refractivity contribution in [3.63, 3.8) is 0 Å². The highest BCUT2D eigenvalue weighted by Crippen LogP contribution is 2.65. The van der Waals surface area contributed by atoms with E-state index in [0.29, 0.717) is 36.5 Å². The lowest BCUT2D eigenvalue weighted by Crippen LogP contribution is -2.54. The zero-order valence-corrected chi connectivity index (χ0v) is 19.3. The van der Waals surface area contributed by atoms with Crippen molar-refractivity contribution in [3.05, 3.63) is 29.3 Å². The third-order valence-corrected chi connectivity index (χ3v) is 7.76. The second-order valence-corrected chi connectivity index (χ2v) is 9.71. The molecule has 3 aliphatic rings. The van der Waals surface area contributed by atoms with Crippen LogP contribution in [-0.2, 0) is 19.1 Å². The second-order valence-electron chi connectivity index (χ2n) is 9.28. The fourth-order valence-electron chi connectivity index (χ4n) is 5.97. The first-order valence-electron chi connectivity index (χ1n) is 11.1. The molecule has 3 heterocycles. The Kier molecular flexibility index (Phi) is 5.98. The molecule has 0 aromatic heterocycles. The highest BCUT2D eigenvalue weighted by atomic mass is 35.5. The minimum atomic E-state index is -1.07. The summed E-state index contributed by atoms with van der Waals surface area (Å²) in [6.45, 7) is 4.20. The molecule has 0 saturated carbocycles. The average Bonchev–Trinajstić information content (AvgIpc) is 3.26. The van der Waals surface area contributed by atoms with Gasteiger partial charge in [-0.3, -0.25) is 14.4 Å². The van der Waals surface area contributed by atoms with Gasteiger partial charge >= 0.3 is 0 Å². The number of nitrogens with zero attached hydrogens (tertiary/aromatic N) is 1. The summed E-state index contributed by atoms with van der Waals surface area (Å²) in [5.41, 5.74) is -1.33. The highest BCUT2D eigenvalue weighted by Gasteiger charge is 2.79. The van der Waals surface area contributed by atoms with Gasteiger partial charge in [-0.1, -0.05) is 18.5 Å². The third-order valence-electron chi connectivity index (χ3n) is 7.51. The fourth-order valence-corrected chi connectivity index (χ4v) is 6.10. The number of fused-ring (bicyclic) bond motifs is 1. The molecule has 9 heteroatoms. The van der Waals surface area contributed by atoms with Crippen molar-refractivity contribution in [1.29, 1.82) is 0 Å². The molecule has 3 aliphatic heterocycles. The number of halogens is 1. The van der Waals surface area contributed by atoms with Gasteiger partial charge in [0.1, 0.15) is 11.6 Å². The van der Waals surface area contributed by atoms with Crippen LogP contribution in [0.15, 0.2) is 24.3 Å². The van der Waals surface area contributed by atoms with Gasteiger partial charge in [-0.15, -0.1) is 0 Å². The number of likely N-dealkylation sites (tertiary alicyclic amines) is 1. The first kappa shape index (κ1) is 23.0. The molecule has 6 atom stereocenters. The standard InChI is InChI=1S/C23H30ClN3O5/c1-13-12-23-17(16(19(29)25-3)22(13,2)32-23)21(31)27(10-4-5-11-28)18(23)20(30)26-15-8-6-14(24)7-9-15/h6-9,13,16-18,28H,4-5,10-12H2,1-3H3,(H,25,29)(H,26,30)/t13?,16-,17-,18?,22+,23?/m0/s1. The van der Waals surface area contributed by atoms with Gasteiger partial charge in [0.2, 0.25) is 17.7 Å². The molecule has 1 aromatic rings. The molecule has 1 spiro atoms. The number of carbonyl (C=O) groups is 3. The summed E-state index contributed by atoms with van der Waals surface area (Å²) in [5, 5.41) is 15.4. The molecule has 1 aromatic carbocycles. The molecule has 0 radical (unpaired) electrons. The summed E-state index contributed by atoms with van der Waals surface area (Å²) in [7, 11) is 1.55. The fraction of sp³-hybridized carbons (Fsp3) is 0.609. The van der Waals surface area contributed by atoms with Gasteiger partial charge in [-0.25, -0.2) is 0 Å². The lowest BCUT2D eigenvalue weighted by atomic mass is 9.62. The lowest BCUT2D eigenvalue weighted by molar-refractivity contribution is -0.146. The van der Waals surface area contributed by atoms with Crippen molar-refractivity contribution in [2.24, 2.45) is 17.8 Å². The molecule has 3 saturated heterocycles. The highest BCUT2D eigenvalue weighted by molar-refractivity contribution is 6.30. The van der Waals surface area contributed by atoms with Gasteiger partial charge < -0.3 is 25.4 Å². The van der Waals surface area contributed by atoms with Crippen LogP contribution in [0.2, 0.25) is 5.02 Å². The Hall–Kier alpha value is -2.16. The Morgan fingerprint density at radius 2 is 1.94 bits per heavy atom. The summed E-state index contributed by atoms with van der Waals surface area (Å²) in [6, 6.07) is 5.89. The first-order chi connectivity index (χ1) is 15.2. The van der Waals surface area contributed by atoms with Crippen LogP contribution in [0, 0.1) is 17.8 Å². The van der Waals surface area contributed by atoms with Crippen LogP contribution in [0.4, 0.5) is 5.69 Å². The van der Waals surface area contributed by atoms with Crippen LogP contribution in [0.25, 0.3) is 0 Å². The number of amides is 3. The Bertz CT molecular complexity index is 925. The number of hydrogen-bond donors (Lipinski definition) is 3. The molecule has 3 N–H and O–H groups in total. The van der Waals surface area contributed by atoms with Crippen molar-refractivity contribution in [2.75, 3.05) is 25.5 Å². The van der Waals surface area contributed by atoms with E-state index in [1.807, 2.05) is 13.8 Å². The first-order valence-corrected chi connectivity index (χ1v) is 11.5. The van der Waals surface area contributed by atoms with E-state index in [9.17, 15) is 19.5 Å². The van der Waals surface area contributed by atoms with E-state index >= 15 is 0 Å². The molecule has 174 valence electrons. The largest absolute Gasteiger partial charge is 0.396 e. The van der Waals surface area contributed by atoms with Crippen LogP contribution in [-0.4, -0.2) is 65.2 Å². The second kappa shape index (κ2) is 8.32. The van der Waals surface area contributed by atoms with Crippen LogP contribution in [0.5, 0.6) is 0 Å². The van der Waals surface area contributed by atoms with E-state index in [0.717, 1.165) is 0 Å². The number of hydrogen-bond acceptors (Lipinski definition) is 5. The summed E-state index contributed by atoms with van der Waals surface area (Å²) >= 11 is 5.96. The van der Waals surface area contributed by atoms with E-state index in [4.69, 9.17) is 16.3 Å². The van der Waals surface area contributed by atoms with Crippen molar-refractivity contribution in [2.45, 2.75) is 50.4 Å². The van der Waals surface area contributed by atoms with Gasteiger partial charge in [0.25, 0.3) is 0 Å². The van der Waals surface area contributed by atoms with Crippen LogP contribution in [0.3, 0.4) is 0 Å². The Balaban J connectivity index is 1.73. The lowest BCUT2D eigenvalue weighted by Gasteiger charge is -2.36. The predicted molar refractivity (Wildman–Crippen MR) is 119 cm³/mol. The topological polar surface area (TPSA) is 108 Å². The maximum atomic E-state index is 13.7. The van der Waals surface area contributed by atoms with Crippen LogP contribution >= 0.6 is 11.6 Å². The minimum absolute atomic E-state index is 0.00271. The molecule has 8 nitrogen and oxygen atoms in total. The SMILES string of the molecule is CNC(=O)[C@@H]1[C@H]2C(=O)N(CCCCO)C(C(=O)Nc3ccc(Cl)cc3)C23CC(C)[C@@]1(C)O3. The summed E-state index contributed by atoms with van der Waals surface area (Å²) in [6.07, 6.45) is 1.58. The monoisotopic (exact) mass is 463 g/mol. The number of benzene rings is 1. The number of rotatable bonds is 7. The number of unbranched alkanes of at least 4 members (excludes halogenated alkanes) is 1. The number of aliphatic hydroxyl groups excluding tert-OH is 1. The van der Waals surface area contributed by atoms with Gasteiger partial charge in [0.05, 0.1) is 17.4 Å². The maximum absolute atomic E-state index is 13.7. The predicted octanol–water partition coefficient (Wildman–Crippen LogP) is 1.81. The van der Waals surface area contributed by atoms with Gasteiger partial charge in [-0.05, 0) is 56.4 Å². The number of anilines is 1. The molecular weight excluding hydrogens is 434 g/mol. The third kappa shape index (κ3) is 3.31. The molecule has 2 bridgehead atoms. The van der Waals surface area contributed by atoms with Gasteiger partial charge in [-0.2, -0.15) is 0 Å². The smallest absolute Gasteiger partial charge is 0.250 e. The number of aliphatic hydroxyl groups is 1. The molecule has 0 aliphatic carbocycles. The molecule has 3 amide bonds. The van der Waals surface area contributed by atoms with Crippen LogP contribution in [0.1, 0.15) is 33.1 Å². The number of ether oxygens (including phenoxy) is 1. The van der Waals surface area contributed by atoms with Gasteiger partial charge in [0.15, 0.2) is 0 Å². The van der Waals surface area contributed by atoms with E-state index in [-0.39, 0.29) is 30.2 Å². The van der Waals surface area contributed by atoms with Crippen molar-refractivity contribution < 1.29 is 24.2 Å². The summed E-state index contributed by atoms with van der Waals surface area (Å²) in [5.74, 6) is -2.22. The maximum Gasteiger partial charge on any atom is 0.250 e. The molecule has 3 fully saturated rings. The molecule has 32 heavy (non-hydrogen) atoms. The summed E-state index contributed by atoms with van der Waals surface area (Å²) in [4.78, 5) is 41.7. The van der Waals surface area contributed by atoms with Crippen molar-refractivity contribution in [1.82, 2.24) is 10.2 Å². The van der Waals surface area contributed by atoms with E-state index in [1.54, 1.807) is 36.2 Å². The van der Waals surface area contributed by atoms with Crippen molar-refractivity contribution >= 4 is 35.0 Å². The van der Waals surface area contributed by atoms with Gasteiger partial charge in [0, 0.05) is 30.9 Å². The van der Waals surface area contributed by atoms with Crippen LogP contribution < -0.4 is 10.6 Å². The van der Waals surface area contributed by atoms with E-state index in [1.165, 1.54) is 0 Å². The van der Waals surface area contributed by atoms with E-state index in [2.05, 4.69) is 10.6 Å². The Morgan fingerprint density at radius 3 is 2.56 bits per heavy atom. The Labute approximate surface area is 192 Å². The number of nitrogens with one attached hydrogen (secondary N) is 2. The molecule has 4 rings (SSSR count). The minimum Gasteiger partial charge on any atom is -0.396 e. The van der Waals surface area contributed by atoms with E-state index < -0.39 is 29.1 Å². The average molecular weight is 464 g/mol. The molecular formula is C23H30ClN3O5. The van der Waals surface area contributed by atoms with Crippen molar-refractivity contribution in [3.8, 4) is 0 Å². The molecule has 3 unspecified atom stereocenters. The quantitative estimate of drug-likeness (QED) is 0.534. The summed E-state index contributed by atoms with van der Waals surface area (Å²) < 4.78 is 6.56. The normalized spacial score (nSPS) is 35.2. The zero-order valence-electron chi connectivity index (χ0n) is 18.6. The number of carbonyl (C=O) groups excluding carboxylic acids is 3. The Morgan fingerprint density at radius 1 is 1.25 bits per heavy atom. The zero-order chi connectivity index (χ0) is 23.3.